The van der Waals surface area contributed by atoms with Crippen molar-refractivity contribution in [2.75, 3.05) is 5.32 Å². The molecule has 0 bridgehead atoms. The van der Waals surface area contributed by atoms with Crippen LogP contribution in [-0.2, 0) is 6.42 Å². The number of halogens is 4. The smallest absolute Gasteiger partial charge is 0.420 e. The fourth-order valence-electron chi connectivity index (χ4n) is 4.10. The maximum Gasteiger partial charge on any atom is 0.487 e. The van der Waals surface area contributed by atoms with Crippen molar-refractivity contribution in [3.63, 3.8) is 0 Å². The molecule has 0 atom stereocenters. The SMILES string of the molecule is CC1(C)CC(=O)c2cc(C(=O)Nc3ccc(OC(F)(F)Cl)cc3)c(=O)n(-c3cccc(Cl)c3)c2C1. The average Bonchev–Trinajstić information content (AvgIpc) is 2.73. The molecule has 1 aliphatic rings. The Labute approximate surface area is 209 Å². The molecule has 0 unspecified atom stereocenters. The molecule has 0 fully saturated rings. The number of carbonyl (C=O) groups is 2. The number of anilines is 1. The van der Waals surface area contributed by atoms with Crippen LogP contribution >= 0.6 is 23.2 Å². The van der Waals surface area contributed by atoms with Gasteiger partial charge in [-0.1, -0.05) is 31.5 Å². The maximum absolute atomic E-state index is 13.5. The number of nitrogens with one attached hydrogen (secondary N) is 1. The Morgan fingerprint density at radius 1 is 1.09 bits per heavy atom. The lowest BCUT2D eigenvalue weighted by Crippen LogP contribution is -2.37. The molecule has 1 heterocycles. The van der Waals surface area contributed by atoms with E-state index in [4.69, 9.17) is 23.2 Å². The number of ether oxygens (including phenoxy) is 1. The number of alkyl halides is 3. The van der Waals surface area contributed by atoms with Crippen LogP contribution in [0.2, 0.25) is 5.02 Å². The summed E-state index contributed by atoms with van der Waals surface area (Å²) in [5, 5.41) is 2.94. The minimum absolute atomic E-state index is 0.176. The second-order valence-electron chi connectivity index (χ2n) is 9.01. The van der Waals surface area contributed by atoms with Crippen LogP contribution in [0.5, 0.6) is 5.75 Å². The quantitative estimate of drug-likeness (QED) is 0.414. The molecular formula is C25H20Cl2F2N2O4. The standard InChI is InChI=1S/C25H20Cl2F2N2O4/c1-24(2)12-20-18(21(32)13-24)11-19(23(34)31(20)16-5-3-4-14(26)10-16)22(33)30-15-6-8-17(9-7-15)35-25(27,28)29/h3-11H,12-13H2,1-2H3,(H,30,33). The molecule has 0 saturated carbocycles. The number of aromatic nitrogens is 1. The van der Waals surface area contributed by atoms with E-state index >= 15 is 0 Å². The predicted octanol–water partition coefficient (Wildman–Crippen LogP) is 6.07. The van der Waals surface area contributed by atoms with E-state index in [0.29, 0.717) is 28.4 Å². The summed E-state index contributed by atoms with van der Waals surface area (Å²) >= 11 is 10.9. The van der Waals surface area contributed by atoms with E-state index in [2.05, 4.69) is 10.1 Å². The molecule has 3 aromatic rings. The number of pyridine rings is 1. The van der Waals surface area contributed by atoms with Crippen molar-refractivity contribution in [3.8, 4) is 11.4 Å². The van der Waals surface area contributed by atoms with Crippen molar-refractivity contribution in [3.05, 3.63) is 86.8 Å². The largest absolute Gasteiger partial charge is 0.487 e. The molecule has 2 aromatic carbocycles. The predicted molar refractivity (Wildman–Crippen MR) is 129 cm³/mol. The van der Waals surface area contributed by atoms with Crippen molar-refractivity contribution in [2.24, 2.45) is 5.41 Å². The van der Waals surface area contributed by atoms with Crippen LogP contribution in [0.15, 0.2) is 59.4 Å². The second kappa shape index (κ2) is 9.09. The molecule has 0 radical (unpaired) electrons. The summed E-state index contributed by atoms with van der Waals surface area (Å²) in [6.45, 7) is 3.88. The van der Waals surface area contributed by atoms with Gasteiger partial charge in [-0.05, 0) is 60.4 Å². The topological polar surface area (TPSA) is 77.4 Å². The van der Waals surface area contributed by atoms with E-state index in [1.807, 2.05) is 13.8 Å². The first-order valence-corrected chi connectivity index (χ1v) is 11.3. The first-order chi connectivity index (χ1) is 16.3. The Kier molecular flexibility index (Phi) is 6.46. The van der Waals surface area contributed by atoms with Crippen LogP contribution in [0.3, 0.4) is 0 Å². The molecule has 182 valence electrons. The highest BCUT2D eigenvalue weighted by molar-refractivity contribution is 6.30. The molecule has 1 aromatic heterocycles. The molecular weight excluding hydrogens is 501 g/mol. The first-order valence-electron chi connectivity index (χ1n) is 10.6. The average molecular weight is 521 g/mol. The van der Waals surface area contributed by atoms with Crippen LogP contribution in [0, 0.1) is 5.41 Å². The van der Waals surface area contributed by atoms with E-state index in [-0.39, 0.29) is 34.6 Å². The number of carbonyl (C=O) groups excluding carboxylic acids is 2. The van der Waals surface area contributed by atoms with Gasteiger partial charge in [-0.2, -0.15) is 0 Å². The fraction of sp³-hybridized carbons (Fsp3) is 0.240. The van der Waals surface area contributed by atoms with Gasteiger partial charge >= 0.3 is 5.57 Å². The number of hydrogen-bond donors (Lipinski definition) is 1. The van der Waals surface area contributed by atoms with E-state index in [9.17, 15) is 23.2 Å². The zero-order chi connectivity index (χ0) is 25.5. The highest BCUT2D eigenvalue weighted by atomic mass is 35.5. The van der Waals surface area contributed by atoms with Gasteiger partial charge in [0.1, 0.15) is 11.3 Å². The Bertz CT molecular complexity index is 1380. The maximum atomic E-state index is 13.5. The van der Waals surface area contributed by atoms with Crippen LogP contribution in [0.1, 0.15) is 46.7 Å². The third kappa shape index (κ3) is 5.55. The van der Waals surface area contributed by atoms with Crippen molar-refractivity contribution in [1.82, 2.24) is 4.57 Å². The third-order valence-electron chi connectivity index (χ3n) is 5.55. The molecule has 10 heteroatoms. The van der Waals surface area contributed by atoms with Gasteiger partial charge in [-0.15, -0.1) is 8.78 Å². The van der Waals surface area contributed by atoms with Gasteiger partial charge in [-0.3, -0.25) is 19.0 Å². The normalized spacial score (nSPS) is 14.9. The van der Waals surface area contributed by atoms with Gasteiger partial charge in [0.25, 0.3) is 11.5 Å². The van der Waals surface area contributed by atoms with Gasteiger partial charge in [0.2, 0.25) is 0 Å². The summed E-state index contributed by atoms with van der Waals surface area (Å²) in [7, 11) is 0. The van der Waals surface area contributed by atoms with Gasteiger partial charge in [0.15, 0.2) is 5.78 Å². The molecule has 4 rings (SSSR count). The molecule has 6 nitrogen and oxygen atoms in total. The van der Waals surface area contributed by atoms with Gasteiger partial charge < -0.3 is 10.1 Å². The van der Waals surface area contributed by atoms with Crippen molar-refractivity contribution in [1.29, 1.82) is 0 Å². The molecule has 1 amide bonds. The van der Waals surface area contributed by atoms with Crippen molar-refractivity contribution >= 4 is 40.6 Å². The van der Waals surface area contributed by atoms with E-state index < -0.39 is 17.0 Å². The molecule has 0 aliphatic heterocycles. The molecule has 1 N–H and O–H groups in total. The van der Waals surface area contributed by atoms with Crippen LogP contribution in [-0.4, -0.2) is 21.8 Å². The number of hydrogen-bond acceptors (Lipinski definition) is 4. The fourth-order valence-corrected chi connectivity index (χ4v) is 4.38. The molecule has 1 aliphatic carbocycles. The van der Waals surface area contributed by atoms with Crippen molar-refractivity contribution < 1.29 is 23.1 Å². The number of fused-ring (bicyclic) bond motifs is 1. The lowest BCUT2D eigenvalue weighted by atomic mass is 9.75. The van der Waals surface area contributed by atoms with Gasteiger partial charge in [0.05, 0.1) is 5.69 Å². The highest BCUT2D eigenvalue weighted by Gasteiger charge is 2.35. The summed E-state index contributed by atoms with van der Waals surface area (Å²) in [5.74, 6) is -1.15. The van der Waals surface area contributed by atoms with E-state index in [0.717, 1.165) is 0 Å². The van der Waals surface area contributed by atoms with E-state index in [1.54, 1.807) is 24.3 Å². The number of benzene rings is 2. The number of amides is 1. The third-order valence-corrected chi connectivity index (χ3v) is 5.86. The highest BCUT2D eigenvalue weighted by Crippen LogP contribution is 2.35. The minimum atomic E-state index is -3.87. The summed E-state index contributed by atoms with van der Waals surface area (Å²) in [4.78, 5) is 39.6. The first kappa shape index (κ1) is 24.9. The molecule has 0 spiro atoms. The van der Waals surface area contributed by atoms with Crippen LogP contribution in [0.4, 0.5) is 14.5 Å². The Balaban J connectivity index is 1.76. The van der Waals surface area contributed by atoms with Gasteiger partial charge in [-0.25, -0.2) is 0 Å². The second-order valence-corrected chi connectivity index (χ2v) is 9.88. The lowest BCUT2D eigenvalue weighted by Gasteiger charge is -2.32. The van der Waals surface area contributed by atoms with Gasteiger partial charge in [0, 0.05) is 40.0 Å². The summed E-state index contributed by atoms with van der Waals surface area (Å²) in [6, 6.07) is 12.9. The number of rotatable bonds is 5. The van der Waals surface area contributed by atoms with E-state index in [1.165, 1.54) is 34.9 Å². The number of nitrogens with zero attached hydrogens (tertiary/aromatic N) is 1. The summed E-state index contributed by atoms with van der Waals surface area (Å²) < 4.78 is 31.2. The van der Waals surface area contributed by atoms with Crippen LogP contribution < -0.4 is 15.6 Å². The zero-order valence-electron chi connectivity index (χ0n) is 18.7. The summed E-state index contributed by atoms with van der Waals surface area (Å²) in [6.07, 6.45) is 0.714. The Hall–Kier alpha value is -3.23. The molecule has 0 saturated heterocycles. The number of Topliss-reactive ketones (excluding diaryl/α,β-unsaturated/α-hetero) is 1. The van der Waals surface area contributed by atoms with Crippen molar-refractivity contribution in [2.45, 2.75) is 32.3 Å². The monoisotopic (exact) mass is 520 g/mol. The summed E-state index contributed by atoms with van der Waals surface area (Å²) in [5.41, 5.74) is -3.65. The molecule has 35 heavy (non-hydrogen) atoms. The zero-order valence-corrected chi connectivity index (χ0v) is 20.2. The number of ketones is 1. The Morgan fingerprint density at radius 2 is 1.77 bits per heavy atom. The Morgan fingerprint density at radius 3 is 2.40 bits per heavy atom. The minimum Gasteiger partial charge on any atom is -0.420 e. The lowest BCUT2D eigenvalue weighted by molar-refractivity contribution is -0.0964. The van der Waals surface area contributed by atoms with Crippen LogP contribution in [0.25, 0.3) is 5.69 Å².